The van der Waals surface area contributed by atoms with Gasteiger partial charge in [0.2, 0.25) is 5.95 Å². The molecule has 2 aromatic rings. The average molecular weight is 264 g/mol. The molecule has 2 heterocycles. The second kappa shape index (κ2) is 5.26. The lowest BCUT2D eigenvalue weighted by Gasteiger charge is -2.14. The minimum absolute atomic E-state index is 0.105. The summed E-state index contributed by atoms with van der Waals surface area (Å²) >= 11 is 0. The lowest BCUT2D eigenvalue weighted by molar-refractivity contribution is 0.499. The van der Waals surface area contributed by atoms with Gasteiger partial charge in [-0.25, -0.2) is 9.37 Å². The van der Waals surface area contributed by atoms with Crippen molar-refractivity contribution in [3.63, 3.8) is 0 Å². The fourth-order valence-electron chi connectivity index (χ4n) is 1.95. The number of aryl methyl sites for hydroxylation is 2. The van der Waals surface area contributed by atoms with Crippen LogP contribution in [0.4, 0.5) is 16.2 Å². The summed E-state index contributed by atoms with van der Waals surface area (Å²) in [7, 11) is 1.68. The zero-order chi connectivity index (χ0) is 14.0. The molecule has 19 heavy (non-hydrogen) atoms. The van der Waals surface area contributed by atoms with Crippen LogP contribution < -0.4 is 10.6 Å². The molecular formula is C13H17FN4O. The minimum Gasteiger partial charge on any atom is -0.466 e. The third-order valence-corrected chi connectivity index (χ3v) is 2.87. The summed E-state index contributed by atoms with van der Waals surface area (Å²) in [4.78, 5) is 7.86. The highest BCUT2D eigenvalue weighted by Gasteiger charge is 2.15. The van der Waals surface area contributed by atoms with Crippen molar-refractivity contribution in [1.82, 2.24) is 9.97 Å². The molecule has 102 valence electrons. The van der Waals surface area contributed by atoms with Crippen LogP contribution in [0, 0.1) is 19.7 Å². The maximum atomic E-state index is 13.6. The topological polar surface area (TPSA) is 63.0 Å². The van der Waals surface area contributed by atoms with Crippen LogP contribution in [0.3, 0.4) is 0 Å². The van der Waals surface area contributed by atoms with E-state index in [1.807, 2.05) is 26.8 Å². The molecule has 0 saturated heterocycles. The lowest BCUT2D eigenvalue weighted by atomic mass is 10.1. The van der Waals surface area contributed by atoms with Gasteiger partial charge in [0.25, 0.3) is 0 Å². The third-order valence-electron chi connectivity index (χ3n) is 2.87. The predicted molar refractivity (Wildman–Crippen MR) is 71.8 cm³/mol. The molecule has 0 fully saturated rings. The molecule has 5 nitrogen and oxygen atoms in total. The van der Waals surface area contributed by atoms with Crippen molar-refractivity contribution < 1.29 is 8.81 Å². The molecule has 0 radical (unpaired) electrons. The second-order valence-electron chi connectivity index (χ2n) is 4.37. The summed E-state index contributed by atoms with van der Waals surface area (Å²) in [5.41, 5.74) is 0.988. The maximum absolute atomic E-state index is 13.6. The van der Waals surface area contributed by atoms with Crippen molar-refractivity contribution in [3.05, 3.63) is 35.2 Å². The van der Waals surface area contributed by atoms with Crippen molar-refractivity contribution in [2.24, 2.45) is 0 Å². The Kier molecular flexibility index (Phi) is 3.69. The van der Waals surface area contributed by atoms with Gasteiger partial charge >= 0.3 is 0 Å². The Balaban J connectivity index is 2.23. The molecule has 0 aromatic carbocycles. The van der Waals surface area contributed by atoms with E-state index in [0.29, 0.717) is 5.95 Å². The summed E-state index contributed by atoms with van der Waals surface area (Å²) < 4.78 is 19.1. The average Bonchev–Trinajstić information content (AvgIpc) is 2.71. The molecule has 0 aliphatic rings. The Hall–Kier alpha value is -2.11. The fourth-order valence-corrected chi connectivity index (χ4v) is 1.95. The number of nitrogens with one attached hydrogen (secondary N) is 2. The first-order valence-corrected chi connectivity index (χ1v) is 6.05. The van der Waals surface area contributed by atoms with E-state index in [1.165, 1.54) is 0 Å². The van der Waals surface area contributed by atoms with Gasteiger partial charge in [0, 0.05) is 12.6 Å². The van der Waals surface area contributed by atoms with Gasteiger partial charge < -0.3 is 15.1 Å². The minimum atomic E-state index is -0.483. The van der Waals surface area contributed by atoms with E-state index in [-0.39, 0.29) is 11.9 Å². The summed E-state index contributed by atoms with van der Waals surface area (Å²) in [6, 6.07) is 1.83. The Morgan fingerprint density at radius 3 is 2.68 bits per heavy atom. The molecule has 6 heteroatoms. The third kappa shape index (κ3) is 2.83. The SMILES string of the molecule is CNc1ncc(F)c(NC(C)c2cc(C)oc2C)n1. The first-order valence-electron chi connectivity index (χ1n) is 6.05. The normalized spacial score (nSPS) is 12.3. The van der Waals surface area contributed by atoms with Crippen LogP contribution in [-0.4, -0.2) is 17.0 Å². The number of hydrogen-bond acceptors (Lipinski definition) is 5. The van der Waals surface area contributed by atoms with Gasteiger partial charge in [-0.1, -0.05) is 0 Å². The van der Waals surface area contributed by atoms with Crippen molar-refractivity contribution in [1.29, 1.82) is 0 Å². The van der Waals surface area contributed by atoms with E-state index in [1.54, 1.807) is 7.05 Å². The molecule has 1 atom stereocenters. The predicted octanol–water partition coefficient (Wildman–Crippen LogP) is 3.04. The van der Waals surface area contributed by atoms with Gasteiger partial charge in [-0.05, 0) is 26.8 Å². The first-order chi connectivity index (χ1) is 9.01. The molecule has 0 spiro atoms. The van der Waals surface area contributed by atoms with Crippen molar-refractivity contribution in [3.8, 4) is 0 Å². The summed E-state index contributed by atoms with van der Waals surface area (Å²) in [5, 5.41) is 5.80. The second-order valence-corrected chi connectivity index (χ2v) is 4.37. The summed E-state index contributed by atoms with van der Waals surface area (Å²) in [6.07, 6.45) is 1.14. The highest BCUT2D eigenvalue weighted by Crippen LogP contribution is 2.25. The molecular weight excluding hydrogens is 247 g/mol. The van der Waals surface area contributed by atoms with Gasteiger partial charge in [-0.2, -0.15) is 4.98 Å². The largest absolute Gasteiger partial charge is 0.466 e. The maximum Gasteiger partial charge on any atom is 0.224 e. The van der Waals surface area contributed by atoms with E-state index >= 15 is 0 Å². The Morgan fingerprint density at radius 1 is 1.37 bits per heavy atom. The zero-order valence-electron chi connectivity index (χ0n) is 11.4. The molecule has 2 aromatic heterocycles. The number of halogens is 1. The Labute approximate surface area is 111 Å². The van der Waals surface area contributed by atoms with Crippen LogP contribution in [0.5, 0.6) is 0 Å². The number of aromatic nitrogens is 2. The van der Waals surface area contributed by atoms with Crippen molar-refractivity contribution in [2.45, 2.75) is 26.8 Å². The van der Waals surface area contributed by atoms with Crippen LogP contribution >= 0.6 is 0 Å². The Bertz CT molecular complexity index is 582. The molecule has 0 bridgehead atoms. The van der Waals surface area contributed by atoms with Gasteiger partial charge in [-0.3, -0.25) is 0 Å². The molecule has 0 amide bonds. The van der Waals surface area contributed by atoms with Gasteiger partial charge in [0.05, 0.1) is 12.2 Å². The van der Waals surface area contributed by atoms with E-state index in [4.69, 9.17) is 4.42 Å². The Morgan fingerprint density at radius 2 is 2.11 bits per heavy atom. The van der Waals surface area contributed by atoms with Crippen LogP contribution in [0.1, 0.15) is 30.0 Å². The lowest BCUT2D eigenvalue weighted by Crippen LogP contribution is -2.11. The molecule has 0 saturated carbocycles. The van der Waals surface area contributed by atoms with Gasteiger partial charge in [-0.15, -0.1) is 0 Å². The van der Waals surface area contributed by atoms with Crippen LogP contribution in [-0.2, 0) is 0 Å². The van der Waals surface area contributed by atoms with Crippen LogP contribution in [0.2, 0.25) is 0 Å². The number of anilines is 2. The monoisotopic (exact) mass is 264 g/mol. The van der Waals surface area contributed by atoms with E-state index in [2.05, 4.69) is 20.6 Å². The quantitative estimate of drug-likeness (QED) is 0.888. The standard InChI is InChI=1S/C13H17FN4O/c1-7-5-10(9(3)19-7)8(2)17-12-11(14)6-16-13(15-4)18-12/h5-6,8H,1-4H3,(H2,15,16,17,18). The molecule has 2 N–H and O–H groups in total. The molecule has 0 aliphatic carbocycles. The molecule has 2 rings (SSSR count). The van der Waals surface area contributed by atoms with Crippen molar-refractivity contribution >= 4 is 11.8 Å². The number of hydrogen-bond donors (Lipinski definition) is 2. The molecule has 0 aliphatic heterocycles. The smallest absolute Gasteiger partial charge is 0.224 e. The number of rotatable bonds is 4. The van der Waals surface area contributed by atoms with E-state index < -0.39 is 5.82 Å². The highest BCUT2D eigenvalue weighted by molar-refractivity contribution is 5.43. The fraction of sp³-hybridized carbons (Fsp3) is 0.385. The number of nitrogens with zero attached hydrogens (tertiary/aromatic N) is 2. The number of furan rings is 1. The highest BCUT2D eigenvalue weighted by atomic mass is 19.1. The van der Waals surface area contributed by atoms with Crippen LogP contribution in [0.15, 0.2) is 16.7 Å². The molecule has 1 unspecified atom stereocenters. The zero-order valence-corrected chi connectivity index (χ0v) is 11.4. The van der Waals surface area contributed by atoms with Gasteiger partial charge in [0.1, 0.15) is 11.5 Å². The summed E-state index contributed by atoms with van der Waals surface area (Å²) in [5.74, 6) is 1.71. The first kappa shape index (κ1) is 13.3. The van der Waals surface area contributed by atoms with Crippen LogP contribution in [0.25, 0.3) is 0 Å². The summed E-state index contributed by atoms with van der Waals surface area (Å²) in [6.45, 7) is 5.70. The van der Waals surface area contributed by atoms with E-state index in [0.717, 1.165) is 23.3 Å². The van der Waals surface area contributed by atoms with Crippen molar-refractivity contribution in [2.75, 3.05) is 17.7 Å². The van der Waals surface area contributed by atoms with Gasteiger partial charge in [0.15, 0.2) is 11.6 Å². The van der Waals surface area contributed by atoms with E-state index in [9.17, 15) is 4.39 Å².